The minimum Gasteiger partial charge on any atom is -0.475 e. The lowest BCUT2D eigenvalue weighted by Crippen LogP contribution is -2.33. The summed E-state index contributed by atoms with van der Waals surface area (Å²) in [6.45, 7) is 2.47. The number of aromatic nitrogens is 1. The van der Waals surface area contributed by atoms with Crippen LogP contribution in [0.15, 0.2) is 54.7 Å². The van der Waals surface area contributed by atoms with Crippen molar-refractivity contribution in [2.75, 3.05) is 13.3 Å². The third-order valence-electron chi connectivity index (χ3n) is 4.44. The molecule has 122 valence electrons. The van der Waals surface area contributed by atoms with E-state index in [2.05, 4.69) is 40.2 Å². The van der Waals surface area contributed by atoms with Gasteiger partial charge in [-0.1, -0.05) is 41.9 Å². The number of rotatable bonds is 4. The first kappa shape index (κ1) is 15.4. The van der Waals surface area contributed by atoms with Gasteiger partial charge in [-0.2, -0.15) is 0 Å². The van der Waals surface area contributed by atoms with Crippen molar-refractivity contribution in [1.82, 2.24) is 9.88 Å². The Morgan fingerprint density at radius 3 is 2.88 bits per heavy atom. The van der Waals surface area contributed by atoms with Crippen LogP contribution in [0.1, 0.15) is 17.5 Å². The largest absolute Gasteiger partial charge is 0.475 e. The molecular weight excluding hydrogens is 320 g/mol. The summed E-state index contributed by atoms with van der Waals surface area (Å²) in [5.74, 6) is 0.884. The highest BCUT2D eigenvalue weighted by atomic mass is 35.5. The lowest BCUT2D eigenvalue weighted by Gasteiger charge is -2.29. The van der Waals surface area contributed by atoms with Crippen molar-refractivity contribution in [3.05, 3.63) is 70.9 Å². The van der Waals surface area contributed by atoms with Crippen LogP contribution in [0.4, 0.5) is 0 Å². The Morgan fingerprint density at radius 1 is 1.12 bits per heavy atom. The van der Waals surface area contributed by atoms with E-state index in [4.69, 9.17) is 16.3 Å². The fourth-order valence-electron chi connectivity index (χ4n) is 3.24. The zero-order valence-electron chi connectivity index (χ0n) is 13.4. The second kappa shape index (κ2) is 6.80. The summed E-state index contributed by atoms with van der Waals surface area (Å²) in [4.78, 5) is 6.77. The smallest absolute Gasteiger partial charge is 0.152 e. The summed E-state index contributed by atoms with van der Waals surface area (Å²) >= 11 is 6.41. The number of nitrogens with zero attached hydrogens (tertiary/aromatic N) is 2. The Balaban J connectivity index is 1.46. The maximum absolute atomic E-state index is 6.41. The summed E-state index contributed by atoms with van der Waals surface area (Å²) in [7, 11) is 0. The summed E-state index contributed by atoms with van der Waals surface area (Å²) in [6.07, 6.45) is 3.99. The van der Waals surface area contributed by atoms with Crippen LogP contribution in [-0.4, -0.2) is 23.2 Å². The molecule has 3 nitrogen and oxygen atoms in total. The number of ether oxygens (including phenoxy) is 1. The molecule has 4 rings (SSSR count). The SMILES string of the molecule is Clc1cc2c(c3ncccc13)OCN(CCCc1ccccc1)C2. The van der Waals surface area contributed by atoms with Crippen molar-refractivity contribution in [3.63, 3.8) is 0 Å². The Labute approximate surface area is 146 Å². The molecule has 0 aliphatic carbocycles. The average Bonchev–Trinajstić information content (AvgIpc) is 2.63. The minimum atomic E-state index is 0.606. The van der Waals surface area contributed by atoms with Crippen molar-refractivity contribution in [3.8, 4) is 5.75 Å². The van der Waals surface area contributed by atoms with E-state index in [1.807, 2.05) is 18.2 Å². The zero-order valence-corrected chi connectivity index (χ0v) is 14.2. The van der Waals surface area contributed by atoms with Gasteiger partial charge in [-0.15, -0.1) is 0 Å². The van der Waals surface area contributed by atoms with Gasteiger partial charge < -0.3 is 4.74 Å². The summed E-state index contributed by atoms with van der Waals surface area (Å²) in [5, 5.41) is 1.70. The van der Waals surface area contributed by atoms with Gasteiger partial charge in [0.2, 0.25) is 0 Å². The van der Waals surface area contributed by atoms with Crippen molar-refractivity contribution in [2.24, 2.45) is 0 Å². The molecule has 0 saturated heterocycles. The number of fused-ring (bicyclic) bond motifs is 3. The number of halogens is 1. The molecular formula is C20H19ClN2O. The molecule has 0 atom stereocenters. The van der Waals surface area contributed by atoms with Gasteiger partial charge in [0.05, 0.1) is 5.02 Å². The molecule has 0 bridgehead atoms. The number of benzene rings is 2. The van der Waals surface area contributed by atoms with Crippen LogP contribution in [0.5, 0.6) is 5.75 Å². The lowest BCUT2D eigenvalue weighted by molar-refractivity contribution is 0.0958. The predicted molar refractivity (Wildman–Crippen MR) is 97.4 cm³/mol. The van der Waals surface area contributed by atoms with E-state index < -0.39 is 0 Å². The highest BCUT2D eigenvalue weighted by Gasteiger charge is 2.21. The Morgan fingerprint density at radius 2 is 2.00 bits per heavy atom. The topological polar surface area (TPSA) is 25.4 Å². The molecule has 0 spiro atoms. The van der Waals surface area contributed by atoms with Gasteiger partial charge >= 0.3 is 0 Å². The van der Waals surface area contributed by atoms with E-state index in [9.17, 15) is 0 Å². The van der Waals surface area contributed by atoms with Crippen molar-refractivity contribution in [2.45, 2.75) is 19.4 Å². The van der Waals surface area contributed by atoms with Gasteiger partial charge in [-0.25, -0.2) is 0 Å². The van der Waals surface area contributed by atoms with Gasteiger partial charge in [0, 0.05) is 30.2 Å². The maximum Gasteiger partial charge on any atom is 0.152 e. The van der Waals surface area contributed by atoms with Crippen molar-refractivity contribution in [1.29, 1.82) is 0 Å². The summed E-state index contributed by atoms with van der Waals surface area (Å²) in [5.41, 5.74) is 3.37. The monoisotopic (exact) mass is 338 g/mol. The van der Waals surface area contributed by atoms with E-state index in [-0.39, 0.29) is 0 Å². The van der Waals surface area contributed by atoms with Gasteiger partial charge in [-0.3, -0.25) is 9.88 Å². The van der Waals surface area contributed by atoms with Crippen LogP contribution in [-0.2, 0) is 13.0 Å². The molecule has 0 amide bonds. The molecule has 2 aromatic carbocycles. The van der Waals surface area contributed by atoms with E-state index in [1.165, 1.54) is 5.56 Å². The summed E-state index contributed by atoms with van der Waals surface area (Å²) in [6, 6.07) is 16.5. The first-order chi connectivity index (χ1) is 11.8. The Kier molecular flexibility index (Phi) is 4.37. The van der Waals surface area contributed by atoms with E-state index in [0.29, 0.717) is 6.73 Å². The Hall–Kier alpha value is -2.10. The standard InChI is InChI=1S/C20H19ClN2O/c21-18-12-16-13-23(11-5-8-15-6-2-1-3-7-15)14-24-20(16)19-17(18)9-4-10-22-19/h1-4,6-7,9-10,12H,5,8,11,13-14H2. The normalized spacial score (nSPS) is 14.4. The Bertz CT molecular complexity index is 851. The van der Waals surface area contributed by atoms with Crippen LogP contribution < -0.4 is 4.74 Å². The second-order valence-corrected chi connectivity index (χ2v) is 6.57. The molecule has 24 heavy (non-hydrogen) atoms. The molecule has 4 heteroatoms. The number of hydrogen-bond acceptors (Lipinski definition) is 3. The highest BCUT2D eigenvalue weighted by molar-refractivity contribution is 6.35. The maximum atomic E-state index is 6.41. The molecule has 1 aromatic heterocycles. The molecule has 0 saturated carbocycles. The molecule has 2 heterocycles. The van der Waals surface area contributed by atoms with Crippen molar-refractivity contribution < 1.29 is 4.74 Å². The first-order valence-electron chi connectivity index (χ1n) is 8.26. The molecule has 0 fully saturated rings. The zero-order chi connectivity index (χ0) is 16.4. The van der Waals surface area contributed by atoms with E-state index in [0.717, 1.165) is 53.2 Å². The van der Waals surface area contributed by atoms with Gasteiger partial charge in [0.15, 0.2) is 5.75 Å². The van der Waals surface area contributed by atoms with E-state index >= 15 is 0 Å². The summed E-state index contributed by atoms with van der Waals surface area (Å²) < 4.78 is 6.01. The van der Waals surface area contributed by atoms with Crippen LogP contribution in [0, 0.1) is 0 Å². The number of aryl methyl sites for hydroxylation is 1. The average molecular weight is 339 g/mol. The minimum absolute atomic E-state index is 0.606. The predicted octanol–water partition coefficient (Wildman–Crippen LogP) is 4.67. The second-order valence-electron chi connectivity index (χ2n) is 6.16. The fourth-order valence-corrected chi connectivity index (χ4v) is 3.53. The molecule has 0 radical (unpaired) electrons. The fraction of sp³-hybridized carbons (Fsp3) is 0.250. The van der Waals surface area contributed by atoms with Gasteiger partial charge in [0.1, 0.15) is 12.2 Å². The third-order valence-corrected chi connectivity index (χ3v) is 4.75. The third kappa shape index (κ3) is 3.10. The van der Waals surface area contributed by atoms with Crippen LogP contribution in [0.25, 0.3) is 10.9 Å². The number of hydrogen-bond donors (Lipinski definition) is 0. The van der Waals surface area contributed by atoms with E-state index in [1.54, 1.807) is 6.20 Å². The quantitative estimate of drug-likeness (QED) is 0.691. The van der Waals surface area contributed by atoms with Crippen LogP contribution in [0.2, 0.25) is 5.02 Å². The van der Waals surface area contributed by atoms with Gasteiger partial charge in [-0.05, 0) is 36.6 Å². The van der Waals surface area contributed by atoms with Crippen molar-refractivity contribution >= 4 is 22.5 Å². The van der Waals surface area contributed by atoms with Crippen LogP contribution >= 0.6 is 11.6 Å². The molecule has 0 unspecified atom stereocenters. The lowest BCUT2D eigenvalue weighted by atomic mass is 10.1. The first-order valence-corrected chi connectivity index (χ1v) is 8.64. The highest BCUT2D eigenvalue weighted by Crippen LogP contribution is 2.36. The molecule has 0 N–H and O–H groups in total. The number of pyridine rings is 1. The van der Waals surface area contributed by atoms with Gasteiger partial charge in [0.25, 0.3) is 0 Å². The molecule has 3 aromatic rings. The molecule has 1 aliphatic rings. The van der Waals surface area contributed by atoms with Crippen LogP contribution in [0.3, 0.4) is 0 Å². The molecule has 1 aliphatic heterocycles.